The second kappa shape index (κ2) is 95.0. The van der Waals surface area contributed by atoms with Crippen molar-refractivity contribution in [3.63, 3.8) is 0 Å². The van der Waals surface area contributed by atoms with Gasteiger partial charge < -0.3 is 11.1 Å². The van der Waals surface area contributed by atoms with E-state index in [0.717, 1.165) is 107 Å². The van der Waals surface area contributed by atoms with Gasteiger partial charge in [-0.1, -0.05) is 526 Å². The smallest absolute Gasteiger partial charge is 0.215 e. The van der Waals surface area contributed by atoms with Gasteiger partial charge in [0, 0.05) is 56.0 Å². The number of allylic oxidation sites excluding steroid dienone is 12. The van der Waals surface area contributed by atoms with Crippen molar-refractivity contribution in [3.05, 3.63) is 234 Å². The van der Waals surface area contributed by atoms with Crippen LogP contribution in [0.3, 0.4) is 0 Å². The molecule has 2 aliphatic rings. The van der Waals surface area contributed by atoms with Crippen molar-refractivity contribution in [2.45, 2.75) is 641 Å². The van der Waals surface area contributed by atoms with Crippen molar-refractivity contribution >= 4 is 22.8 Å². The van der Waals surface area contributed by atoms with E-state index in [9.17, 15) is 11.1 Å². The Labute approximate surface area is 943 Å². The van der Waals surface area contributed by atoms with E-state index in [0.29, 0.717) is 11.8 Å². The molecule has 4 aromatic rings. The quantitative estimate of drug-likeness (QED) is 0.0183. The summed E-state index contributed by atoms with van der Waals surface area (Å²) < 4.78 is 3.14. The van der Waals surface area contributed by atoms with Crippen LogP contribution in [-0.4, -0.2) is 9.39 Å². The van der Waals surface area contributed by atoms with Crippen LogP contribution in [0.25, 0.3) is 33.9 Å². The maximum Gasteiger partial charge on any atom is 0.215 e. The minimum absolute atomic E-state index is 0. The molecule has 0 N–H and O–H groups in total. The standard InChI is InChI=1S/C92H160N2.C45H68N2.2C3H5.2Ni/c1-8-15-22-24-26-28-30-32-34-36-38-40-42-44-46-48-50-52-58-68-82(64-54-17-10-3)79-84(66-56-19-12-5)75-77-86-71-60-62-73-89(86)91-81-88(70-21-14-7)92(94(91)93)90-74-63-61-72-87(90)78-76-85(67-57-20-13-6)80-83(65-55-18-11-4)69-59-53-51-49-47-45-43-41-39-37-35-33-31-29-27-25-23-16-9-2;1-9-12-15-16-17-18-19-20-21-22-23-24-25-26-29-43-38(8)44(39-30-34(4)41(27-13-10-2)35(5)31-39)47(46)45(43)40-32-36(6)42(28-14-11-3)37(7)33-40;2*1-3-2;;/h60-63,71-74,79-81,84-85H,8-59,64-70,75-78H2,1-7H3;26,29-33H,9-25,27-28H2,1-8H3;2*3H,1-2H2;;. The van der Waals surface area contributed by atoms with Gasteiger partial charge in [-0.3, -0.25) is 0 Å². The Balaban J connectivity index is 0.000000856. The van der Waals surface area contributed by atoms with Crippen molar-refractivity contribution in [1.82, 2.24) is 0 Å². The first-order chi connectivity index (χ1) is 72.6. The van der Waals surface area contributed by atoms with Gasteiger partial charge in [0.15, 0.2) is 0 Å². The number of unbranched alkanes of at least 4 members (excludes halogenated alkanes) is 59. The Hall–Kier alpha value is -5.27. The van der Waals surface area contributed by atoms with E-state index >= 15 is 0 Å². The molecule has 4 aromatic carbocycles. The average Bonchev–Trinajstić information content (AvgIpc) is 1.60. The first-order valence-corrected chi connectivity index (χ1v) is 66.0. The van der Waals surface area contributed by atoms with E-state index in [4.69, 9.17) is 0 Å². The van der Waals surface area contributed by atoms with E-state index < -0.39 is 0 Å². The summed E-state index contributed by atoms with van der Waals surface area (Å²) in [6.45, 7) is 41.5. The molecule has 0 fully saturated rings. The normalized spacial score (nSPS) is 13.3. The summed E-state index contributed by atoms with van der Waals surface area (Å²) in [5, 5.41) is 2.11. The van der Waals surface area contributed by atoms with Gasteiger partial charge in [0.2, 0.25) is 22.8 Å². The second-order valence-electron chi connectivity index (χ2n) is 46.0. The molecule has 2 heterocycles. The van der Waals surface area contributed by atoms with E-state index in [-0.39, 0.29) is 16.5 Å². The Kier molecular flexibility index (Phi) is 87.9. The first-order valence-electron chi connectivity index (χ1n) is 64.6. The zero-order valence-corrected chi connectivity index (χ0v) is 103. The molecule has 2 aliphatic heterocycles. The van der Waals surface area contributed by atoms with Crippen molar-refractivity contribution in [1.29, 1.82) is 0 Å². The summed E-state index contributed by atoms with van der Waals surface area (Å²) in [6.07, 6.45) is 127. The number of hydrogen-bond donors (Lipinski definition) is 0. The molecule has 4 nitrogen and oxygen atoms in total. The molecule has 0 amide bonds. The van der Waals surface area contributed by atoms with Crippen molar-refractivity contribution in [2.75, 3.05) is 0 Å². The van der Waals surface area contributed by atoms with Crippen molar-refractivity contribution < 1.29 is 40.3 Å². The summed E-state index contributed by atoms with van der Waals surface area (Å²) >= 11 is 1.66. The van der Waals surface area contributed by atoms with Crippen LogP contribution in [0, 0.1) is 39.5 Å². The predicted molar refractivity (Wildman–Crippen MR) is 660 cm³/mol. The molecule has 0 bridgehead atoms. The fraction of sp³-hybridized carbons (Fsp3) is 0.706. The molecule has 2 unspecified atom stereocenters. The Morgan fingerprint density at radius 3 is 0.926 bits per heavy atom. The first kappa shape index (κ1) is 138. The average molecular weight is 2130 g/mol. The molecule has 0 saturated heterocycles. The van der Waals surface area contributed by atoms with Gasteiger partial charge in [-0.05, 0) is 269 Å². The van der Waals surface area contributed by atoms with Gasteiger partial charge in [0.25, 0.3) is 0 Å². The molecule has 0 spiro atoms. The predicted octanol–water partition coefficient (Wildman–Crippen LogP) is 49.3. The third-order valence-electron chi connectivity index (χ3n) is 32.5. The molecule has 6 rings (SSSR count). The summed E-state index contributed by atoms with van der Waals surface area (Å²) in [5.74, 6) is 1.21. The van der Waals surface area contributed by atoms with Gasteiger partial charge in [0.1, 0.15) is 0 Å². The Morgan fingerprint density at radius 2 is 0.584 bits per heavy atom. The van der Waals surface area contributed by atoms with Crippen molar-refractivity contribution in [2.24, 2.45) is 11.8 Å². The number of aryl methyl sites for hydroxylation is 6. The molecule has 0 aliphatic carbocycles. The molecule has 149 heavy (non-hydrogen) atoms. The Morgan fingerprint density at radius 1 is 0.302 bits per heavy atom. The minimum atomic E-state index is 0. The summed E-state index contributed by atoms with van der Waals surface area (Å²) in [5.41, 5.74) is 51.3. The van der Waals surface area contributed by atoms with Crippen LogP contribution in [0.5, 0.6) is 0 Å². The summed E-state index contributed by atoms with van der Waals surface area (Å²) in [7, 11) is 0. The molecular formula is C143H238N4Ni2. The molecule has 0 radical (unpaired) electrons. The van der Waals surface area contributed by atoms with Crippen LogP contribution in [-0.2, 0) is 56.6 Å². The van der Waals surface area contributed by atoms with Gasteiger partial charge in [0.05, 0.1) is 5.57 Å². The van der Waals surface area contributed by atoms with Gasteiger partial charge >= 0.3 is 50.5 Å². The zero-order valence-electron chi connectivity index (χ0n) is 101. The molecule has 0 saturated carbocycles. The molecular weight excluding hydrogens is 1890 g/mol. The number of rotatable bonds is 95. The monoisotopic (exact) mass is 2130 g/mol. The van der Waals surface area contributed by atoms with Gasteiger partial charge in [-0.2, -0.15) is 0 Å². The van der Waals surface area contributed by atoms with E-state index in [1.54, 1.807) is 30.3 Å². The van der Waals surface area contributed by atoms with Crippen LogP contribution in [0.1, 0.15) is 644 Å². The Bertz CT molecular complexity index is 4220. The molecule has 850 valence electrons. The fourth-order valence-electron chi connectivity index (χ4n) is 23.2. The SMILES string of the molecule is C=C[CH2][Ni][CH2]C=C.CCCCCCCCCCCCCCC=CC1=C(c2cc(C)c(CCCC)c(C)c2)[N+](=[N-])C(c2cc(C)c(CCCC)c(C)c2)=C1C.CCCCCCCCCCCCCCCCCCCCCC(=CC(CCCCC)CCc1ccccc1C1=CC(CCCC)=C(c2ccccc2CCC(C=C(CCCCC)CCCCCCCCCCCCCCCCCCCCC)CCCCC)[N+]1=[N-])CCCCC.[Ni]. The number of benzene rings is 4. The fourth-order valence-corrected chi connectivity index (χ4v) is 23.8. The third kappa shape index (κ3) is 62.5. The van der Waals surface area contributed by atoms with E-state index in [1.165, 1.54) is 541 Å². The summed E-state index contributed by atoms with van der Waals surface area (Å²) in [4.78, 5) is 0. The zero-order chi connectivity index (χ0) is 107. The molecule has 0 aromatic heterocycles. The largest absolute Gasteiger partial charge is 0.493 e. The van der Waals surface area contributed by atoms with Crippen LogP contribution < -0.4 is 0 Å². The van der Waals surface area contributed by atoms with Gasteiger partial charge in [-0.25, -0.2) is 9.39 Å². The number of nitrogens with zero attached hydrogens (tertiary/aromatic N) is 4. The van der Waals surface area contributed by atoms with E-state index in [2.05, 4.69) is 220 Å². The number of hydrogen-bond acceptors (Lipinski definition) is 0. The van der Waals surface area contributed by atoms with Crippen LogP contribution in [0.4, 0.5) is 0 Å². The minimum Gasteiger partial charge on any atom is -0.493 e. The molecule has 2 atom stereocenters. The summed E-state index contributed by atoms with van der Waals surface area (Å²) in [6, 6.07) is 27.5. The molecule has 6 heteroatoms. The third-order valence-corrected chi connectivity index (χ3v) is 33.6. The van der Waals surface area contributed by atoms with Crippen LogP contribution in [0.2, 0.25) is 10.8 Å². The van der Waals surface area contributed by atoms with Crippen molar-refractivity contribution in [3.8, 4) is 0 Å². The van der Waals surface area contributed by atoms with Crippen LogP contribution in [0.15, 0.2) is 156 Å². The maximum absolute atomic E-state index is 12.8. The van der Waals surface area contributed by atoms with Gasteiger partial charge in [-0.15, -0.1) is 0 Å². The van der Waals surface area contributed by atoms with E-state index in [1.807, 2.05) is 12.2 Å². The maximum atomic E-state index is 12.8. The second-order valence-corrected chi connectivity index (χ2v) is 47.3. The topological polar surface area (TPSA) is 50.6 Å². The van der Waals surface area contributed by atoms with Crippen LogP contribution >= 0.6 is 0 Å².